The van der Waals surface area contributed by atoms with Crippen LogP contribution in [0.5, 0.6) is 0 Å². The molecule has 1 aromatic carbocycles. The van der Waals surface area contributed by atoms with Gasteiger partial charge in [0.1, 0.15) is 11.6 Å². The molecule has 104 valence electrons. The van der Waals surface area contributed by atoms with Gasteiger partial charge in [-0.3, -0.25) is 4.79 Å². The van der Waals surface area contributed by atoms with Crippen LogP contribution in [-0.2, 0) is 4.79 Å². The quantitative estimate of drug-likeness (QED) is 0.676. The van der Waals surface area contributed by atoms with E-state index < -0.39 is 0 Å². The first kappa shape index (κ1) is 14.1. The standard InChI is InChI=1S/C16H19N3O/c1-12-9-15(19-7-3-4-8-19)6-5-13(12)10-14(11-17)16(20)18-2/h5-6,9-10H,3-4,7-8H2,1-2H3,(H,18,20)/b14-10+. The molecule has 1 saturated heterocycles. The number of benzene rings is 1. The summed E-state index contributed by atoms with van der Waals surface area (Å²) in [6, 6.07) is 8.09. The zero-order valence-electron chi connectivity index (χ0n) is 11.9. The fourth-order valence-electron chi connectivity index (χ4n) is 2.43. The Kier molecular flexibility index (Phi) is 4.41. The van der Waals surface area contributed by atoms with Gasteiger partial charge in [-0.1, -0.05) is 6.07 Å². The fourth-order valence-corrected chi connectivity index (χ4v) is 2.43. The van der Waals surface area contributed by atoms with Crippen LogP contribution in [0.1, 0.15) is 24.0 Å². The van der Waals surface area contributed by atoms with Crippen molar-refractivity contribution in [3.05, 3.63) is 34.9 Å². The van der Waals surface area contributed by atoms with Gasteiger partial charge in [-0.15, -0.1) is 0 Å². The molecule has 1 N–H and O–H groups in total. The van der Waals surface area contributed by atoms with Gasteiger partial charge in [-0.2, -0.15) is 5.26 Å². The molecule has 2 rings (SSSR count). The average molecular weight is 269 g/mol. The van der Waals surface area contributed by atoms with Crippen molar-refractivity contribution in [3.8, 4) is 6.07 Å². The van der Waals surface area contributed by atoms with Gasteiger partial charge in [0, 0.05) is 25.8 Å². The molecule has 4 heteroatoms. The topological polar surface area (TPSA) is 56.1 Å². The van der Waals surface area contributed by atoms with Gasteiger partial charge in [-0.05, 0) is 49.1 Å². The summed E-state index contributed by atoms with van der Waals surface area (Å²) in [5.74, 6) is -0.351. The summed E-state index contributed by atoms with van der Waals surface area (Å²) < 4.78 is 0. The molecule has 1 aliphatic heterocycles. The molecule has 0 aromatic heterocycles. The first-order valence-corrected chi connectivity index (χ1v) is 6.85. The number of amides is 1. The Balaban J connectivity index is 2.27. The second-order valence-electron chi connectivity index (χ2n) is 4.98. The summed E-state index contributed by atoms with van der Waals surface area (Å²) in [6.45, 7) is 4.22. The molecule has 0 spiro atoms. The van der Waals surface area contributed by atoms with Crippen molar-refractivity contribution in [2.75, 3.05) is 25.0 Å². The van der Waals surface area contributed by atoms with E-state index in [1.165, 1.54) is 25.6 Å². The number of aryl methyl sites for hydroxylation is 1. The molecule has 0 atom stereocenters. The molecule has 20 heavy (non-hydrogen) atoms. The Bertz CT molecular complexity index is 578. The van der Waals surface area contributed by atoms with Gasteiger partial charge in [0.05, 0.1) is 0 Å². The number of rotatable bonds is 3. The average Bonchev–Trinajstić information content (AvgIpc) is 2.99. The molecule has 0 unspecified atom stereocenters. The predicted molar refractivity (Wildman–Crippen MR) is 80.3 cm³/mol. The molecule has 1 aromatic rings. The number of carbonyl (C=O) groups is 1. The molecule has 0 aliphatic carbocycles. The summed E-state index contributed by atoms with van der Waals surface area (Å²) in [4.78, 5) is 13.9. The van der Waals surface area contributed by atoms with E-state index in [-0.39, 0.29) is 11.5 Å². The normalized spacial score (nSPS) is 15.1. The lowest BCUT2D eigenvalue weighted by Crippen LogP contribution is -2.19. The third-order valence-corrected chi connectivity index (χ3v) is 3.62. The maximum atomic E-state index is 11.5. The van der Waals surface area contributed by atoms with Crippen LogP contribution in [0.3, 0.4) is 0 Å². The van der Waals surface area contributed by atoms with E-state index in [2.05, 4.69) is 22.3 Å². The van der Waals surface area contributed by atoms with Gasteiger partial charge >= 0.3 is 0 Å². The summed E-state index contributed by atoms with van der Waals surface area (Å²) in [5.41, 5.74) is 3.33. The van der Waals surface area contributed by atoms with E-state index in [0.717, 1.165) is 24.2 Å². The van der Waals surface area contributed by atoms with Crippen LogP contribution >= 0.6 is 0 Å². The van der Waals surface area contributed by atoms with Crippen molar-refractivity contribution >= 4 is 17.7 Å². The number of nitriles is 1. The largest absolute Gasteiger partial charge is 0.372 e. The van der Waals surface area contributed by atoms with E-state index in [1.807, 2.05) is 19.1 Å². The monoisotopic (exact) mass is 269 g/mol. The summed E-state index contributed by atoms with van der Waals surface area (Å²) in [7, 11) is 1.52. The molecule has 0 saturated carbocycles. The molecular weight excluding hydrogens is 250 g/mol. The second-order valence-corrected chi connectivity index (χ2v) is 4.98. The van der Waals surface area contributed by atoms with E-state index in [0.29, 0.717) is 0 Å². The summed E-state index contributed by atoms with van der Waals surface area (Å²) in [5, 5.41) is 11.5. The van der Waals surface area contributed by atoms with Crippen LogP contribution in [0.25, 0.3) is 6.08 Å². The van der Waals surface area contributed by atoms with Crippen LogP contribution in [-0.4, -0.2) is 26.0 Å². The number of nitrogens with one attached hydrogen (secondary N) is 1. The van der Waals surface area contributed by atoms with Crippen molar-refractivity contribution in [1.29, 1.82) is 5.26 Å². The molecule has 1 heterocycles. The first-order valence-electron chi connectivity index (χ1n) is 6.85. The Morgan fingerprint density at radius 1 is 1.40 bits per heavy atom. The molecule has 1 amide bonds. The van der Waals surface area contributed by atoms with Gasteiger partial charge in [0.25, 0.3) is 5.91 Å². The smallest absolute Gasteiger partial charge is 0.261 e. The molecule has 0 radical (unpaired) electrons. The van der Waals surface area contributed by atoms with Crippen LogP contribution in [0.2, 0.25) is 0 Å². The zero-order chi connectivity index (χ0) is 14.5. The van der Waals surface area contributed by atoms with Crippen molar-refractivity contribution in [2.24, 2.45) is 0 Å². The minimum atomic E-state index is -0.351. The maximum Gasteiger partial charge on any atom is 0.261 e. The van der Waals surface area contributed by atoms with Crippen LogP contribution in [0.4, 0.5) is 5.69 Å². The second kappa shape index (κ2) is 6.25. The summed E-state index contributed by atoms with van der Waals surface area (Å²) in [6.07, 6.45) is 4.13. The number of likely N-dealkylation sites (N-methyl/N-ethyl adjacent to an activating group) is 1. The molecule has 1 fully saturated rings. The SMILES string of the molecule is CNC(=O)/C(C#N)=C/c1ccc(N2CCCC2)cc1C. The van der Waals surface area contributed by atoms with Crippen molar-refractivity contribution in [2.45, 2.75) is 19.8 Å². The number of nitrogens with zero attached hydrogens (tertiary/aromatic N) is 2. The maximum absolute atomic E-state index is 11.5. The minimum absolute atomic E-state index is 0.129. The summed E-state index contributed by atoms with van der Waals surface area (Å²) >= 11 is 0. The molecule has 0 bridgehead atoms. The highest BCUT2D eigenvalue weighted by Gasteiger charge is 2.13. The lowest BCUT2D eigenvalue weighted by Gasteiger charge is -2.18. The van der Waals surface area contributed by atoms with Gasteiger partial charge < -0.3 is 10.2 Å². The number of hydrogen-bond acceptors (Lipinski definition) is 3. The first-order chi connectivity index (χ1) is 9.65. The number of carbonyl (C=O) groups excluding carboxylic acids is 1. The van der Waals surface area contributed by atoms with Crippen LogP contribution < -0.4 is 10.2 Å². The van der Waals surface area contributed by atoms with Crippen molar-refractivity contribution < 1.29 is 4.79 Å². The highest BCUT2D eigenvalue weighted by molar-refractivity contribution is 6.01. The van der Waals surface area contributed by atoms with Gasteiger partial charge in [0.2, 0.25) is 0 Å². The van der Waals surface area contributed by atoms with Gasteiger partial charge in [-0.25, -0.2) is 0 Å². The predicted octanol–water partition coefficient (Wildman–Crippen LogP) is 2.25. The number of hydrogen-bond donors (Lipinski definition) is 1. The van der Waals surface area contributed by atoms with Crippen molar-refractivity contribution in [3.63, 3.8) is 0 Å². The van der Waals surface area contributed by atoms with E-state index >= 15 is 0 Å². The fraction of sp³-hybridized carbons (Fsp3) is 0.375. The zero-order valence-corrected chi connectivity index (χ0v) is 11.9. The Labute approximate surface area is 119 Å². The molecule has 1 aliphatic rings. The lowest BCUT2D eigenvalue weighted by molar-refractivity contribution is -0.116. The molecular formula is C16H19N3O. The van der Waals surface area contributed by atoms with E-state index in [9.17, 15) is 4.79 Å². The van der Waals surface area contributed by atoms with Crippen molar-refractivity contribution in [1.82, 2.24) is 5.32 Å². The highest BCUT2D eigenvalue weighted by atomic mass is 16.1. The molecule has 4 nitrogen and oxygen atoms in total. The van der Waals surface area contributed by atoms with E-state index in [1.54, 1.807) is 6.08 Å². The third-order valence-electron chi connectivity index (χ3n) is 3.62. The van der Waals surface area contributed by atoms with Crippen LogP contribution in [0, 0.1) is 18.3 Å². The minimum Gasteiger partial charge on any atom is -0.372 e. The lowest BCUT2D eigenvalue weighted by atomic mass is 10.0. The number of anilines is 1. The Morgan fingerprint density at radius 2 is 2.10 bits per heavy atom. The van der Waals surface area contributed by atoms with E-state index in [4.69, 9.17) is 5.26 Å². The van der Waals surface area contributed by atoms with Crippen LogP contribution in [0.15, 0.2) is 23.8 Å². The van der Waals surface area contributed by atoms with Gasteiger partial charge in [0.15, 0.2) is 0 Å². The highest BCUT2D eigenvalue weighted by Crippen LogP contribution is 2.24. The Hall–Kier alpha value is -2.28. The third kappa shape index (κ3) is 3.00. The Morgan fingerprint density at radius 3 is 2.65 bits per heavy atom.